The number of hydrogen-bond donors (Lipinski definition) is 0. The molecule has 0 spiro atoms. The standard InChI is InChI=1S/C44H29NS/c1-4-14-30(15-5-1)32-24-26-41-39(28-32)40-29-33(25-27-42(40)45(41)34-18-8-3-9-19-34)43-37-22-12-13-23-38(37)44(46-43)36-21-11-10-20-35(36)31-16-6-2-7-17-31/h1-6,8-12,14-16,18-22,24-29H,13,23H2. The summed E-state index contributed by atoms with van der Waals surface area (Å²) in [5, 5.41) is 2.54. The Morgan fingerprint density at radius 1 is 0.587 bits per heavy atom. The summed E-state index contributed by atoms with van der Waals surface area (Å²) in [6, 6.07) is 56.8. The smallest absolute Gasteiger partial charge is 0.0541 e. The lowest BCUT2D eigenvalue weighted by atomic mass is 9.91. The second-order valence-electron chi connectivity index (χ2n) is 11.8. The van der Waals surface area contributed by atoms with Crippen LogP contribution in [0.4, 0.5) is 0 Å². The van der Waals surface area contributed by atoms with E-state index in [1.807, 2.05) is 23.5 Å². The van der Waals surface area contributed by atoms with Crippen LogP contribution in [0.1, 0.15) is 17.5 Å². The summed E-state index contributed by atoms with van der Waals surface area (Å²) in [7, 11) is 0. The van der Waals surface area contributed by atoms with Crippen LogP contribution in [0.3, 0.4) is 0 Å². The van der Waals surface area contributed by atoms with Crippen molar-refractivity contribution in [3.8, 4) is 48.8 Å². The van der Waals surface area contributed by atoms with Gasteiger partial charge in [0, 0.05) is 37.3 Å². The quantitative estimate of drug-likeness (QED) is 0.184. The number of fused-ring (bicyclic) bond motifs is 4. The van der Waals surface area contributed by atoms with Gasteiger partial charge in [0.1, 0.15) is 0 Å². The molecule has 0 unspecified atom stereocenters. The summed E-state index contributed by atoms with van der Waals surface area (Å²) >= 11 is 1.93. The van der Waals surface area contributed by atoms with E-state index in [-0.39, 0.29) is 0 Å². The SMILES string of the molecule is c1cccc(-c2ccccc2-c2sc(-c3ccc4c(c3)c3cc(-c5ccccc5)ccc3n4-c3ccccc3)c3c2CCC=C3)c#1. The molecule has 2 heterocycles. The molecule has 2 heteroatoms. The maximum absolute atomic E-state index is 3.35. The number of benzene rings is 5. The Bertz CT molecular complexity index is 2390. The fraction of sp³-hybridized carbons (Fsp3) is 0.0455. The maximum atomic E-state index is 3.35. The molecule has 6 aromatic carbocycles. The third kappa shape index (κ3) is 4.40. The lowest BCUT2D eigenvalue weighted by Gasteiger charge is -2.12. The Labute approximate surface area is 273 Å². The number of rotatable bonds is 5. The van der Waals surface area contributed by atoms with Crippen LogP contribution < -0.4 is 0 Å². The molecule has 0 aliphatic heterocycles. The first-order valence-electron chi connectivity index (χ1n) is 15.8. The van der Waals surface area contributed by atoms with Gasteiger partial charge in [-0.2, -0.15) is 0 Å². The van der Waals surface area contributed by atoms with Gasteiger partial charge in [0.15, 0.2) is 0 Å². The highest BCUT2D eigenvalue weighted by atomic mass is 32.1. The highest BCUT2D eigenvalue weighted by Gasteiger charge is 2.23. The zero-order chi connectivity index (χ0) is 30.5. The van der Waals surface area contributed by atoms with Crippen LogP contribution in [-0.4, -0.2) is 4.57 Å². The predicted octanol–water partition coefficient (Wildman–Crippen LogP) is 12.1. The largest absolute Gasteiger partial charge is 0.309 e. The first-order valence-corrected chi connectivity index (χ1v) is 16.6. The van der Waals surface area contributed by atoms with E-state index in [4.69, 9.17) is 0 Å². The van der Waals surface area contributed by atoms with Crippen molar-refractivity contribution >= 4 is 39.2 Å². The van der Waals surface area contributed by atoms with E-state index < -0.39 is 0 Å². The van der Waals surface area contributed by atoms with Crippen molar-refractivity contribution < 1.29 is 0 Å². The molecule has 2 aromatic heterocycles. The number of aromatic nitrogens is 1. The molecule has 1 aliphatic rings. The molecule has 46 heavy (non-hydrogen) atoms. The minimum Gasteiger partial charge on any atom is -0.309 e. The van der Waals surface area contributed by atoms with Crippen LogP contribution >= 0.6 is 11.3 Å². The Morgan fingerprint density at radius 3 is 2.04 bits per heavy atom. The van der Waals surface area contributed by atoms with Gasteiger partial charge in [-0.1, -0.05) is 115 Å². The molecule has 0 bridgehead atoms. The van der Waals surface area contributed by atoms with Crippen molar-refractivity contribution in [3.63, 3.8) is 0 Å². The van der Waals surface area contributed by atoms with Crippen molar-refractivity contribution in [2.24, 2.45) is 0 Å². The van der Waals surface area contributed by atoms with E-state index in [9.17, 15) is 0 Å². The van der Waals surface area contributed by atoms with E-state index in [0.717, 1.165) is 18.4 Å². The Hall–Kier alpha value is -5.62. The second kappa shape index (κ2) is 11.1. The Morgan fingerprint density at radius 2 is 1.28 bits per heavy atom. The molecule has 1 nitrogen and oxygen atoms in total. The van der Waals surface area contributed by atoms with Gasteiger partial charge in [0.25, 0.3) is 0 Å². The van der Waals surface area contributed by atoms with E-state index in [1.54, 1.807) is 0 Å². The van der Waals surface area contributed by atoms with Gasteiger partial charge in [0.05, 0.1) is 11.0 Å². The highest BCUT2D eigenvalue weighted by Crippen LogP contribution is 2.48. The van der Waals surface area contributed by atoms with Crippen molar-refractivity contribution in [1.29, 1.82) is 0 Å². The predicted molar refractivity (Wildman–Crippen MR) is 195 cm³/mol. The van der Waals surface area contributed by atoms with Crippen molar-refractivity contribution in [1.82, 2.24) is 4.57 Å². The van der Waals surface area contributed by atoms with Gasteiger partial charge in [0.2, 0.25) is 0 Å². The summed E-state index contributed by atoms with van der Waals surface area (Å²) in [6.07, 6.45) is 6.80. The summed E-state index contributed by atoms with van der Waals surface area (Å²) in [5.41, 5.74) is 13.7. The average molecular weight is 604 g/mol. The number of nitrogens with zero attached hydrogens (tertiary/aromatic N) is 1. The van der Waals surface area contributed by atoms with Crippen LogP contribution in [0, 0.1) is 12.1 Å². The fourth-order valence-corrected chi connectivity index (χ4v) is 8.39. The lowest BCUT2D eigenvalue weighted by Crippen LogP contribution is -1.94. The van der Waals surface area contributed by atoms with E-state index in [0.29, 0.717) is 0 Å². The molecule has 0 saturated carbocycles. The molecular formula is C44H29NS. The molecule has 216 valence electrons. The van der Waals surface area contributed by atoms with Crippen LogP contribution in [0.2, 0.25) is 0 Å². The van der Waals surface area contributed by atoms with Crippen molar-refractivity contribution in [3.05, 3.63) is 169 Å². The summed E-state index contributed by atoms with van der Waals surface area (Å²) < 4.78 is 2.40. The molecular weight excluding hydrogens is 575 g/mol. The number of thiophene rings is 1. The van der Waals surface area contributed by atoms with Crippen LogP contribution in [0.25, 0.3) is 76.7 Å². The first kappa shape index (κ1) is 26.8. The van der Waals surface area contributed by atoms with Crippen LogP contribution in [0.5, 0.6) is 0 Å². The zero-order valence-corrected chi connectivity index (χ0v) is 26.0. The van der Waals surface area contributed by atoms with Gasteiger partial charge in [-0.3, -0.25) is 0 Å². The topological polar surface area (TPSA) is 4.93 Å². The molecule has 0 atom stereocenters. The van der Waals surface area contributed by atoms with Crippen molar-refractivity contribution in [2.45, 2.75) is 12.8 Å². The van der Waals surface area contributed by atoms with E-state index in [1.165, 1.54) is 76.2 Å². The Balaban J connectivity index is 1.27. The minimum absolute atomic E-state index is 1.05. The third-order valence-electron chi connectivity index (χ3n) is 9.15. The first-order chi connectivity index (χ1) is 22.8. The van der Waals surface area contributed by atoms with Gasteiger partial charge < -0.3 is 4.57 Å². The zero-order valence-electron chi connectivity index (χ0n) is 25.2. The summed E-state index contributed by atoms with van der Waals surface area (Å²) in [5.74, 6) is 0. The molecule has 0 radical (unpaired) electrons. The third-order valence-corrected chi connectivity index (χ3v) is 10.5. The molecule has 0 saturated heterocycles. The molecule has 0 fully saturated rings. The van der Waals surface area contributed by atoms with Crippen LogP contribution in [0.15, 0.2) is 146 Å². The van der Waals surface area contributed by atoms with Gasteiger partial charge in [-0.25, -0.2) is 0 Å². The highest BCUT2D eigenvalue weighted by molar-refractivity contribution is 7.19. The second-order valence-corrected chi connectivity index (χ2v) is 12.9. The van der Waals surface area contributed by atoms with E-state index >= 15 is 0 Å². The monoisotopic (exact) mass is 603 g/mol. The van der Waals surface area contributed by atoms with Crippen molar-refractivity contribution in [2.75, 3.05) is 0 Å². The molecule has 1 aliphatic carbocycles. The molecule has 8 aromatic rings. The Kier molecular flexibility index (Phi) is 6.44. The lowest BCUT2D eigenvalue weighted by molar-refractivity contribution is 0.996. The number of hydrogen-bond acceptors (Lipinski definition) is 1. The van der Waals surface area contributed by atoms with E-state index in [2.05, 4.69) is 156 Å². The van der Waals surface area contributed by atoms with Gasteiger partial charge in [-0.05, 0) is 94.8 Å². The molecule has 0 amide bonds. The van der Waals surface area contributed by atoms with Gasteiger partial charge >= 0.3 is 0 Å². The summed E-state index contributed by atoms with van der Waals surface area (Å²) in [6.45, 7) is 0. The molecule has 9 rings (SSSR count). The fourth-order valence-electron chi connectivity index (χ4n) is 7.02. The molecule has 0 N–H and O–H groups in total. The summed E-state index contributed by atoms with van der Waals surface area (Å²) in [4.78, 5) is 2.70. The minimum atomic E-state index is 1.05. The number of para-hydroxylation sites is 1. The normalized spacial score (nSPS) is 12.3. The number of allylic oxidation sites excluding steroid dienone is 1. The van der Waals surface area contributed by atoms with Crippen LogP contribution in [-0.2, 0) is 6.42 Å². The average Bonchev–Trinajstić information content (AvgIpc) is 3.68. The maximum Gasteiger partial charge on any atom is 0.0541 e. The van der Waals surface area contributed by atoms with Gasteiger partial charge in [-0.15, -0.1) is 11.3 Å².